The lowest BCUT2D eigenvalue weighted by molar-refractivity contribution is -0.181. The molecule has 0 bridgehead atoms. The molecule has 1 saturated heterocycles. The molecule has 1 aliphatic heterocycles. The van der Waals surface area contributed by atoms with E-state index in [0.717, 1.165) is 32.1 Å². The second-order valence-electron chi connectivity index (χ2n) is 12.3. The van der Waals surface area contributed by atoms with Crippen LogP contribution in [0.25, 0.3) is 0 Å². The van der Waals surface area contributed by atoms with E-state index in [1.807, 2.05) is 0 Å². The zero-order valence-electron chi connectivity index (χ0n) is 20.3. The van der Waals surface area contributed by atoms with Gasteiger partial charge in [-0.1, -0.05) is 32.9 Å². The minimum Gasteiger partial charge on any atom is -0.481 e. The predicted molar refractivity (Wildman–Crippen MR) is 121 cm³/mol. The third-order valence-electron chi connectivity index (χ3n) is 11.1. The van der Waals surface area contributed by atoms with Crippen molar-refractivity contribution in [2.45, 2.75) is 104 Å². The Hall–Kier alpha value is -1.32. The zero-order chi connectivity index (χ0) is 22.8. The molecule has 4 rings (SSSR count). The van der Waals surface area contributed by atoms with Gasteiger partial charge in [0, 0.05) is 18.8 Å². The van der Waals surface area contributed by atoms with Gasteiger partial charge in [0.1, 0.15) is 5.60 Å². The number of hydrogen-bond acceptors (Lipinski definition) is 3. The molecule has 0 spiro atoms. The predicted octanol–water partition coefficient (Wildman–Crippen LogP) is 6.39. The van der Waals surface area contributed by atoms with E-state index in [4.69, 9.17) is 4.74 Å². The number of carboxylic acids is 1. The van der Waals surface area contributed by atoms with Crippen LogP contribution in [0.2, 0.25) is 0 Å². The number of hydrogen-bond donors (Lipinski definition) is 1. The number of ether oxygens (including phenoxy) is 1. The van der Waals surface area contributed by atoms with E-state index in [0.29, 0.717) is 30.1 Å². The van der Waals surface area contributed by atoms with Crippen molar-refractivity contribution in [3.8, 4) is 0 Å². The summed E-state index contributed by atoms with van der Waals surface area (Å²) in [6, 6.07) is 0. The second kappa shape index (κ2) is 7.35. The highest BCUT2D eigenvalue weighted by Gasteiger charge is 2.68. The van der Waals surface area contributed by atoms with Crippen LogP contribution in [0.15, 0.2) is 12.2 Å². The number of carboxylic acid groups (broad SMARTS) is 1. The number of rotatable bonds is 5. The first-order valence-electron chi connectivity index (χ1n) is 12.5. The Bertz CT molecular complexity index is 788. The van der Waals surface area contributed by atoms with E-state index in [2.05, 4.69) is 41.2 Å². The quantitative estimate of drug-likeness (QED) is 0.405. The van der Waals surface area contributed by atoms with E-state index < -0.39 is 5.97 Å². The molecule has 4 nitrogen and oxygen atoms in total. The maximum Gasteiger partial charge on any atom is 0.306 e. The Labute approximate surface area is 188 Å². The lowest BCUT2D eigenvalue weighted by Gasteiger charge is -2.66. The Morgan fingerprint density at radius 2 is 1.71 bits per heavy atom. The Morgan fingerprint density at radius 3 is 2.29 bits per heavy atom. The molecule has 174 valence electrons. The summed E-state index contributed by atoms with van der Waals surface area (Å²) in [7, 11) is 0. The van der Waals surface area contributed by atoms with E-state index in [9.17, 15) is 14.7 Å². The fourth-order valence-electron chi connectivity index (χ4n) is 9.35. The highest BCUT2D eigenvalue weighted by Crippen LogP contribution is 2.74. The number of aliphatic carboxylic acids is 1. The average molecular weight is 431 g/mol. The summed E-state index contributed by atoms with van der Waals surface area (Å²) < 4.78 is 5.93. The van der Waals surface area contributed by atoms with Gasteiger partial charge in [-0.2, -0.15) is 0 Å². The second-order valence-corrected chi connectivity index (χ2v) is 12.3. The van der Waals surface area contributed by atoms with Crippen molar-refractivity contribution >= 4 is 11.9 Å². The summed E-state index contributed by atoms with van der Waals surface area (Å²) in [5.74, 6) is 1.22. The monoisotopic (exact) mass is 430 g/mol. The molecule has 31 heavy (non-hydrogen) atoms. The third kappa shape index (κ3) is 3.22. The van der Waals surface area contributed by atoms with Crippen molar-refractivity contribution in [1.82, 2.24) is 0 Å². The summed E-state index contributed by atoms with van der Waals surface area (Å²) in [6.45, 7) is 16.0. The molecule has 4 heteroatoms. The van der Waals surface area contributed by atoms with Crippen molar-refractivity contribution in [2.24, 2.45) is 39.9 Å². The molecule has 3 aliphatic carbocycles. The van der Waals surface area contributed by atoms with Gasteiger partial charge in [0.25, 0.3) is 0 Å². The van der Waals surface area contributed by atoms with Crippen LogP contribution in [-0.4, -0.2) is 22.6 Å². The van der Waals surface area contributed by atoms with Crippen LogP contribution >= 0.6 is 0 Å². The number of fused-ring (bicyclic) bond motifs is 3. The van der Waals surface area contributed by atoms with E-state index in [1.54, 1.807) is 0 Å². The first-order valence-corrected chi connectivity index (χ1v) is 12.5. The molecule has 1 N–H and O–H groups in total. The lowest BCUT2D eigenvalue weighted by atomic mass is 9.38. The molecular weight excluding hydrogens is 388 g/mol. The van der Waals surface area contributed by atoms with Crippen molar-refractivity contribution in [2.75, 3.05) is 0 Å². The van der Waals surface area contributed by atoms with Gasteiger partial charge in [-0.25, -0.2) is 0 Å². The summed E-state index contributed by atoms with van der Waals surface area (Å²) >= 11 is 0. The normalized spacial score (nSPS) is 49.3. The van der Waals surface area contributed by atoms with E-state index >= 15 is 0 Å². The summed E-state index contributed by atoms with van der Waals surface area (Å²) in [5, 5.41) is 9.49. The molecule has 4 aliphatic rings. The molecule has 0 aromatic heterocycles. The number of cyclic esters (lactones) is 1. The van der Waals surface area contributed by atoms with Crippen LogP contribution in [-0.2, 0) is 14.3 Å². The molecule has 0 aromatic rings. The Morgan fingerprint density at radius 1 is 1.03 bits per heavy atom. The van der Waals surface area contributed by atoms with E-state index in [1.165, 1.54) is 24.8 Å². The van der Waals surface area contributed by atoms with Crippen LogP contribution in [0.1, 0.15) is 98.8 Å². The molecule has 3 saturated carbocycles. The molecule has 0 aromatic carbocycles. The van der Waals surface area contributed by atoms with Gasteiger partial charge in [0.15, 0.2) is 0 Å². The third-order valence-corrected chi connectivity index (χ3v) is 11.1. The minimum atomic E-state index is -0.689. The topological polar surface area (TPSA) is 63.6 Å². The Balaban J connectivity index is 1.68. The molecular formula is C27H42O4. The van der Waals surface area contributed by atoms with Gasteiger partial charge in [-0.3, -0.25) is 9.59 Å². The fraction of sp³-hybridized carbons (Fsp3) is 0.852. The number of carbonyl (C=O) groups excluding carboxylic acids is 1. The maximum absolute atomic E-state index is 12.0. The molecule has 2 unspecified atom stereocenters. The maximum atomic E-state index is 12.0. The fourth-order valence-corrected chi connectivity index (χ4v) is 9.35. The summed E-state index contributed by atoms with van der Waals surface area (Å²) in [5.41, 5.74) is 1.29. The Kier molecular flexibility index (Phi) is 5.42. The van der Waals surface area contributed by atoms with Crippen molar-refractivity contribution < 1.29 is 19.4 Å². The van der Waals surface area contributed by atoms with Crippen LogP contribution < -0.4 is 0 Å². The smallest absolute Gasteiger partial charge is 0.306 e. The first-order chi connectivity index (χ1) is 14.4. The van der Waals surface area contributed by atoms with Crippen molar-refractivity contribution in [1.29, 1.82) is 0 Å². The standard InChI is InChI=1S/C27H42O4/c1-17(2)18-9-15-26(5)21(24(18,3)13-11-22(28)29)8-7-19-20(10-14-25(19,26)4)27(6)16-12-23(30)31-27/h18-21H,1,7-16H2,2-6H3,(H,28,29)/t18?,19-,20?,21+,24-,25+,26+,27-/m0/s1. The highest BCUT2D eigenvalue weighted by molar-refractivity contribution is 5.72. The molecule has 0 amide bonds. The lowest BCUT2D eigenvalue weighted by Crippen LogP contribution is -2.60. The average Bonchev–Trinajstić information content (AvgIpc) is 3.21. The van der Waals surface area contributed by atoms with Crippen molar-refractivity contribution in [3.63, 3.8) is 0 Å². The van der Waals surface area contributed by atoms with Crippen LogP contribution in [0.4, 0.5) is 0 Å². The van der Waals surface area contributed by atoms with Crippen LogP contribution in [0, 0.1) is 39.9 Å². The highest BCUT2D eigenvalue weighted by atomic mass is 16.6. The molecule has 0 radical (unpaired) electrons. The van der Waals surface area contributed by atoms with Gasteiger partial charge >= 0.3 is 11.9 Å². The van der Waals surface area contributed by atoms with Gasteiger partial charge in [-0.15, -0.1) is 0 Å². The minimum absolute atomic E-state index is 0.0208. The molecule has 8 atom stereocenters. The SMILES string of the molecule is C=C(C)C1CC[C@]2(C)[C@H](CC[C@H]3C([C@]4(C)CCC(=O)O4)CC[C@]32C)[C@@]1(C)CCC(=O)O. The van der Waals surface area contributed by atoms with Gasteiger partial charge in [-0.05, 0) is 99.2 Å². The van der Waals surface area contributed by atoms with Crippen molar-refractivity contribution in [3.05, 3.63) is 12.2 Å². The van der Waals surface area contributed by atoms with Crippen LogP contribution in [0.3, 0.4) is 0 Å². The van der Waals surface area contributed by atoms with Gasteiger partial charge in [0.05, 0.1) is 0 Å². The van der Waals surface area contributed by atoms with Gasteiger partial charge < -0.3 is 9.84 Å². The number of esters is 1. The van der Waals surface area contributed by atoms with E-state index in [-0.39, 0.29) is 34.2 Å². The van der Waals surface area contributed by atoms with Gasteiger partial charge in [0.2, 0.25) is 0 Å². The number of carbonyl (C=O) groups is 2. The number of allylic oxidation sites excluding steroid dienone is 1. The first kappa shape index (κ1) is 22.9. The summed E-state index contributed by atoms with van der Waals surface area (Å²) in [4.78, 5) is 23.5. The molecule has 4 fully saturated rings. The summed E-state index contributed by atoms with van der Waals surface area (Å²) in [6.07, 6.45) is 9.34. The largest absolute Gasteiger partial charge is 0.481 e. The molecule has 1 heterocycles. The van der Waals surface area contributed by atoms with Crippen LogP contribution in [0.5, 0.6) is 0 Å². The zero-order valence-corrected chi connectivity index (χ0v) is 20.3.